The van der Waals surface area contributed by atoms with Crippen LogP contribution in [0, 0.1) is 25.2 Å². The Balaban J connectivity index is 1.57. The van der Waals surface area contributed by atoms with Gasteiger partial charge in [0.2, 0.25) is 11.9 Å². The highest BCUT2D eigenvalue weighted by atomic mass is 32.2. The van der Waals surface area contributed by atoms with E-state index in [-0.39, 0.29) is 18.1 Å². The maximum absolute atomic E-state index is 13.3. The lowest BCUT2D eigenvalue weighted by Gasteiger charge is -2.28. The highest BCUT2D eigenvalue weighted by molar-refractivity contribution is 7.99. The minimum absolute atomic E-state index is 0.0703. The highest BCUT2D eigenvalue weighted by Crippen LogP contribution is 2.28. The van der Waals surface area contributed by atoms with Gasteiger partial charge in [-0.25, -0.2) is 0 Å². The van der Waals surface area contributed by atoms with Crippen molar-refractivity contribution >= 4 is 29.3 Å². The number of aryl methyl sites for hydroxylation is 2. The second-order valence-electron chi connectivity index (χ2n) is 8.06. The van der Waals surface area contributed by atoms with Crippen LogP contribution in [0.2, 0.25) is 0 Å². The molecule has 0 aliphatic carbocycles. The summed E-state index contributed by atoms with van der Waals surface area (Å²) in [6.45, 7) is 7.18. The Kier molecular flexibility index (Phi) is 7.83. The largest absolute Gasteiger partial charge is 0.378 e. The molecule has 0 bridgehead atoms. The minimum atomic E-state index is -0.0703. The number of carbonyl (C=O) groups excluding carboxylic acids is 1. The SMILES string of the molecule is Cc1ccc(N(CCC#N)C(=O)CSc2nnc(N3CCOCC3)n2-c2ccccc2)cc1C. The third-order valence-corrected chi connectivity index (χ3v) is 6.71. The van der Waals surface area contributed by atoms with Crippen molar-refractivity contribution in [3.63, 3.8) is 0 Å². The molecule has 0 N–H and O–H groups in total. The summed E-state index contributed by atoms with van der Waals surface area (Å²) in [7, 11) is 0. The summed E-state index contributed by atoms with van der Waals surface area (Å²) >= 11 is 1.36. The average Bonchev–Trinajstić information content (AvgIpc) is 3.30. The highest BCUT2D eigenvalue weighted by Gasteiger charge is 2.23. The van der Waals surface area contributed by atoms with Crippen LogP contribution < -0.4 is 9.80 Å². The van der Waals surface area contributed by atoms with Crippen LogP contribution in [-0.4, -0.2) is 59.3 Å². The molecule has 0 radical (unpaired) electrons. The molecular weight excluding hydrogens is 448 g/mol. The van der Waals surface area contributed by atoms with Crippen molar-refractivity contribution in [2.75, 3.05) is 48.4 Å². The lowest BCUT2D eigenvalue weighted by atomic mass is 10.1. The number of nitriles is 1. The predicted molar refractivity (Wildman–Crippen MR) is 134 cm³/mol. The van der Waals surface area contributed by atoms with E-state index in [1.54, 1.807) is 4.90 Å². The molecule has 1 aliphatic rings. The van der Waals surface area contributed by atoms with Crippen LogP contribution in [0.5, 0.6) is 0 Å². The second-order valence-corrected chi connectivity index (χ2v) is 9.01. The van der Waals surface area contributed by atoms with E-state index in [0.717, 1.165) is 41.5 Å². The molecule has 2 aromatic carbocycles. The van der Waals surface area contributed by atoms with E-state index >= 15 is 0 Å². The summed E-state index contributed by atoms with van der Waals surface area (Å²) < 4.78 is 7.49. The van der Waals surface area contributed by atoms with E-state index in [2.05, 4.69) is 21.2 Å². The van der Waals surface area contributed by atoms with Crippen LogP contribution in [0.25, 0.3) is 5.69 Å². The van der Waals surface area contributed by atoms with Crippen LogP contribution in [0.3, 0.4) is 0 Å². The zero-order valence-electron chi connectivity index (χ0n) is 19.5. The third kappa shape index (κ3) is 5.41. The van der Waals surface area contributed by atoms with E-state index in [0.29, 0.717) is 24.9 Å². The number of anilines is 2. The number of hydrogen-bond acceptors (Lipinski definition) is 7. The number of thioether (sulfide) groups is 1. The zero-order valence-corrected chi connectivity index (χ0v) is 20.3. The van der Waals surface area contributed by atoms with Gasteiger partial charge < -0.3 is 14.5 Å². The first kappa shape index (κ1) is 23.8. The third-order valence-electron chi connectivity index (χ3n) is 5.80. The Morgan fingerprint density at radius 2 is 1.88 bits per heavy atom. The van der Waals surface area contributed by atoms with E-state index < -0.39 is 0 Å². The van der Waals surface area contributed by atoms with Crippen molar-refractivity contribution in [1.29, 1.82) is 5.26 Å². The minimum Gasteiger partial charge on any atom is -0.378 e. The van der Waals surface area contributed by atoms with Gasteiger partial charge in [0.15, 0.2) is 5.16 Å². The lowest BCUT2D eigenvalue weighted by Crippen LogP contribution is -2.38. The molecule has 34 heavy (non-hydrogen) atoms. The van der Waals surface area contributed by atoms with Crippen LogP contribution in [0.1, 0.15) is 17.5 Å². The molecule has 0 unspecified atom stereocenters. The molecule has 0 atom stereocenters. The molecule has 176 valence electrons. The Labute approximate surface area is 204 Å². The maximum atomic E-state index is 13.3. The average molecular weight is 477 g/mol. The van der Waals surface area contributed by atoms with Gasteiger partial charge >= 0.3 is 0 Å². The van der Waals surface area contributed by atoms with E-state index in [4.69, 9.17) is 10.00 Å². The molecule has 2 heterocycles. The van der Waals surface area contributed by atoms with Gasteiger partial charge in [-0.3, -0.25) is 9.36 Å². The van der Waals surface area contributed by atoms with Gasteiger partial charge in [-0.1, -0.05) is 36.0 Å². The van der Waals surface area contributed by atoms with Crippen molar-refractivity contribution in [3.8, 4) is 11.8 Å². The van der Waals surface area contributed by atoms with Gasteiger partial charge in [0, 0.05) is 25.3 Å². The fraction of sp³-hybridized carbons (Fsp3) is 0.360. The van der Waals surface area contributed by atoms with Gasteiger partial charge in [-0.2, -0.15) is 5.26 Å². The molecule has 1 amide bonds. The molecule has 9 heteroatoms. The Hall–Kier alpha value is -3.35. The predicted octanol–water partition coefficient (Wildman–Crippen LogP) is 3.76. The number of para-hydroxylation sites is 1. The number of aromatic nitrogens is 3. The molecule has 4 rings (SSSR count). The Morgan fingerprint density at radius 3 is 2.59 bits per heavy atom. The number of morpholine rings is 1. The molecule has 1 saturated heterocycles. The van der Waals surface area contributed by atoms with E-state index in [9.17, 15) is 4.79 Å². The normalized spacial score (nSPS) is 13.5. The summed E-state index contributed by atoms with van der Waals surface area (Å²) in [5.74, 6) is 0.867. The van der Waals surface area contributed by atoms with Gasteiger partial charge in [-0.15, -0.1) is 10.2 Å². The van der Waals surface area contributed by atoms with Crippen LogP contribution in [-0.2, 0) is 9.53 Å². The van der Waals surface area contributed by atoms with Crippen molar-refractivity contribution in [2.24, 2.45) is 0 Å². The zero-order chi connectivity index (χ0) is 23.9. The summed E-state index contributed by atoms with van der Waals surface area (Å²) in [5.41, 5.74) is 4.03. The number of rotatable bonds is 8. The number of carbonyl (C=O) groups is 1. The molecule has 8 nitrogen and oxygen atoms in total. The summed E-state index contributed by atoms with van der Waals surface area (Å²) in [6, 6.07) is 18.0. The standard InChI is InChI=1S/C25H28N6O2S/c1-19-9-10-22(17-20(19)2)30(12-6-11-26)23(32)18-34-25-28-27-24(29-13-15-33-16-14-29)31(25)21-7-4-3-5-8-21/h3-5,7-10,17H,6,12-16,18H2,1-2H3. The van der Waals surface area contributed by atoms with Crippen molar-refractivity contribution < 1.29 is 9.53 Å². The molecule has 0 saturated carbocycles. The Bertz CT molecular complexity index is 1170. The fourth-order valence-electron chi connectivity index (χ4n) is 3.78. The number of hydrogen-bond donors (Lipinski definition) is 0. The van der Waals surface area contributed by atoms with Crippen LogP contribution >= 0.6 is 11.8 Å². The number of nitrogens with zero attached hydrogens (tertiary/aromatic N) is 6. The topological polar surface area (TPSA) is 87.3 Å². The molecule has 0 spiro atoms. The summed E-state index contributed by atoms with van der Waals surface area (Å²) in [5, 5.41) is 18.7. The quantitative estimate of drug-likeness (QED) is 0.458. The molecule has 1 aliphatic heterocycles. The summed E-state index contributed by atoms with van der Waals surface area (Å²) in [4.78, 5) is 17.1. The number of benzene rings is 2. The first-order chi connectivity index (χ1) is 16.6. The smallest absolute Gasteiger partial charge is 0.237 e. The van der Waals surface area contributed by atoms with Crippen LogP contribution in [0.4, 0.5) is 11.6 Å². The van der Waals surface area contributed by atoms with Gasteiger partial charge in [-0.05, 0) is 49.2 Å². The first-order valence-electron chi connectivity index (χ1n) is 11.3. The van der Waals surface area contributed by atoms with Crippen molar-refractivity contribution in [1.82, 2.24) is 14.8 Å². The number of amides is 1. The van der Waals surface area contributed by atoms with Crippen molar-refractivity contribution in [2.45, 2.75) is 25.4 Å². The summed E-state index contributed by atoms with van der Waals surface area (Å²) in [6.07, 6.45) is 0.269. The fourth-order valence-corrected chi connectivity index (χ4v) is 4.61. The molecule has 3 aromatic rings. The Morgan fingerprint density at radius 1 is 1.12 bits per heavy atom. The maximum Gasteiger partial charge on any atom is 0.237 e. The van der Waals surface area contributed by atoms with Crippen molar-refractivity contribution in [3.05, 3.63) is 59.7 Å². The van der Waals surface area contributed by atoms with E-state index in [1.165, 1.54) is 11.8 Å². The van der Waals surface area contributed by atoms with Gasteiger partial charge in [0.1, 0.15) is 0 Å². The van der Waals surface area contributed by atoms with Crippen LogP contribution in [0.15, 0.2) is 53.7 Å². The number of ether oxygens (including phenoxy) is 1. The monoisotopic (exact) mass is 476 g/mol. The van der Waals surface area contributed by atoms with Gasteiger partial charge in [0.05, 0.1) is 37.1 Å². The first-order valence-corrected chi connectivity index (χ1v) is 12.3. The molecule has 1 fully saturated rings. The lowest BCUT2D eigenvalue weighted by molar-refractivity contribution is -0.116. The van der Waals surface area contributed by atoms with E-state index in [1.807, 2.05) is 66.9 Å². The second kappa shape index (κ2) is 11.2. The van der Waals surface area contributed by atoms with Gasteiger partial charge in [0.25, 0.3) is 0 Å². The molecule has 1 aromatic heterocycles. The molecular formula is C25H28N6O2S.